The van der Waals surface area contributed by atoms with Crippen LogP contribution in [-0.2, 0) is 0 Å². The van der Waals surface area contributed by atoms with Crippen LogP contribution in [0.5, 0.6) is 0 Å². The molecule has 6 nitrogen and oxygen atoms in total. The molecule has 1 N–H and O–H groups in total. The van der Waals surface area contributed by atoms with Gasteiger partial charge in [-0.1, -0.05) is 60.7 Å². The van der Waals surface area contributed by atoms with Gasteiger partial charge in [0.1, 0.15) is 12.1 Å². The zero-order valence-electron chi connectivity index (χ0n) is 18.3. The average Bonchev–Trinajstić information content (AvgIpc) is 2.90. The quantitative estimate of drug-likeness (QED) is 0.486. The molecule has 33 heavy (non-hydrogen) atoms. The van der Waals surface area contributed by atoms with Crippen LogP contribution in [0.2, 0.25) is 0 Å². The molecule has 0 spiro atoms. The second-order valence-electron chi connectivity index (χ2n) is 7.94. The van der Waals surface area contributed by atoms with E-state index >= 15 is 0 Å². The SMILES string of the molecule is O=C(c1ccccc1Nc1ccccc1)N1CCN(c2cc(-c3ccccc3)ncn2)CC1. The third-order valence-electron chi connectivity index (χ3n) is 5.82. The van der Waals surface area contributed by atoms with Gasteiger partial charge in [-0.3, -0.25) is 4.79 Å². The number of anilines is 3. The third-order valence-corrected chi connectivity index (χ3v) is 5.82. The van der Waals surface area contributed by atoms with E-state index in [1.54, 1.807) is 6.33 Å². The molecule has 0 radical (unpaired) electrons. The number of rotatable bonds is 5. The molecule has 0 atom stereocenters. The molecule has 0 aliphatic carbocycles. The number of carbonyl (C=O) groups is 1. The minimum absolute atomic E-state index is 0.0429. The Balaban J connectivity index is 1.27. The molecule has 1 aliphatic heterocycles. The lowest BCUT2D eigenvalue weighted by Crippen LogP contribution is -2.49. The minimum atomic E-state index is 0.0429. The van der Waals surface area contributed by atoms with Crippen molar-refractivity contribution in [1.29, 1.82) is 0 Å². The van der Waals surface area contributed by atoms with Gasteiger partial charge in [0.2, 0.25) is 0 Å². The van der Waals surface area contributed by atoms with Crippen molar-refractivity contribution in [3.05, 3.63) is 103 Å². The lowest BCUT2D eigenvalue weighted by atomic mass is 10.1. The first-order valence-electron chi connectivity index (χ1n) is 11.1. The summed E-state index contributed by atoms with van der Waals surface area (Å²) in [5.74, 6) is 0.934. The van der Waals surface area contributed by atoms with Crippen molar-refractivity contribution in [2.24, 2.45) is 0 Å². The van der Waals surface area contributed by atoms with Gasteiger partial charge in [0.25, 0.3) is 5.91 Å². The standard InChI is InChI=1S/C27H25N5O/c33-27(23-13-7-8-14-24(23)30-22-11-5-2-6-12-22)32-17-15-31(16-18-32)26-19-25(28-20-29-26)21-9-3-1-4-10-21/h1-14,19-20,30H,15-18H2. The van der Waals surface area contributed by atoms with E-state index in [0.717, 1.165) is 41.5 Å². The Bertz CT molecular complexity index is 1220. The van der Waals surface area contributed by atoms with Crippen molar-refractivity contribution >= 4 is 23.1 Å². The van der Waals surface area contributed by atoms with E-state index in [1.807, 2.05) is 95.9 Å². The largest absolute Gasteiger partial charge is 0.355 e. The highest BCUT2D eigenvalue weighted by Crippen LogP contribution is 2.24. The number of nitrogens with one attached hydrogen (secondary N) is 1. The van der Waals surface area contributed by atoms with E-state index in [0.29, 0.717) is 18.7 Å². The van der Waals surface area contributed by atoms with Gasteiger partial charge in [0.15, 0.2) is 0 Å². The number of carbonyl (C=O) groups excluding carboxylic acids is 1. The van der Waals surface area contributed by atoms with Crippen molar-refractivity contribution in [2.45, 2.75) is 0 Å². The van der Waals surface area contributed by atoms with E-state index in [9.17, 15) is 4.79 Å². The van der Waals surface area contributed by atoms with Crippen molar-refractivity contribution in [3.8, 4) is 11.3 Å². The molecule has 1 amide bonds. The van der Waals surface area contributed by atoms with Gasteiger partial charge in [0.05, 0.1) is 16.9 Å². The van der Waals surface area contributed by atoms with Gasteiger partial charge >= 0.3 is 0 Å². The fourth-order valence-corrected chi connectivity index (χ4v) is 4.05. The summed E-state index contributed by atoms with van der Waals surface area (Å²) in [6, 6.07) is 29.7. The maximum atomic E-state index is 13.3. The molecule has 0 saturated carbocycles. The molecule has 2 heterocycles. The zero-order chi connectivity index (χ0) is 22.5. The van der Waals surface area contributed by atoms with Crippen LogP contribution >= 0.6 is 0 Å². The van der Waals surface area contributed by atoms with Crippen LogP contribution in [-0.4, -0.2) is 47.0 Å². The molecule has 0 unspecified atom stereocenters. The van der Waals surface area contributed by atoms with Gasteiger partial charge in [-0.05, 0) is 24.3 Å². The lowest BCUT2D eigenvalue weighted by molar-refractivity contribution is 0.0747. The second kappa shape index (κ2) is 9.53. The molecule has 0 bridgehead atoms. The van der Waals surface area contributed by atoms with Crippen molar-refractivity contribution in [3.63, 3.8) is 0 Å². The third kappa shape index (κ3) is 4.70. The van der Waals surface area contributed by atoms with Gasteiger partial charge in [-0.25, -0.2) is 9.97 Å². The summed E-state index contributed by atoms with van der Waals surface area (Å²) in [5.41, 5.74) is 4.43. The van der Waals surface area contributed by atoms with Crippen LogP contribution in [0.3, 0.4) is 0 Å². The highest BCUT2D eigenvalue weighted by atomic mass is 16.2. The average molecular weight is 436 g/mol. The number of aromatic nitrogens is 2. The number of piperazine rings is 1. The molecule has 1 fully saturated rings. The number of amides is 1. The van der Waals surface area contributed by atoms with E-state index < -0.39 is 0 Å². The molecular formula is C27H25N5O. The Kier molecular flexibility index (Phi) is 5.97. The first kappa shape index (κ1) is 20.7. The van der Waals surface area contributed by atoms with Crippen LogP contribution in [0.1, 0.15) is 10.4 Å². The Morgan fingerprint density at radius 3 is 2.18 bits per heavy atom. The number of hydrogen-bond acceptors (Lipinski definition) is 5. The van der Waals surface area contributed by atoms with Gasteiger partial charge in [0, 0.05) is 43.5 Å². The Morgan fingerprint density at radius 2 is 1.42 bits per heavy atom. The van der Waals surface area contributed by atoms with Crippen LogP contribution in [0.25, 0.3) is 11.3 Å². The molecule has 1 aromatic heterocycles. The smallest absolute Gasteiger partial charge is 0.256 e. The summed E-state index contributed by atoms with van der Waals surface area (Å²) < 4.78 is 0. The first-order chi connectivity index (χ1) is 16.3. The monoisotopic (exact) mass is 435 g/mol. The minimum Gasteiger partial charge on any atom is -0.355 e. The van der Waals surface area contributed by atoms with Gasteiger partial charge in [-0.15, -0.1) is 0 Å². The lowest BCUT2D eigenvalue weighted by Gasteiger charge is -2.35. The van der Waals surface area contributed by atoms with Crippen LogP contribution in [0, 0.1) is 0 Å². The molecule has 6 heteroatoms. The van der Waals surface area contributed by atoms with Crippen LogP contribution < -0.4 is 10.2 Å². The van der Waals surface area contributed by atoms with E-state index in [1.165, 1.54) is 0 Å². The van der Waals surface area contributed by atoms with Crippen LogP contribution in [0.15, 0.2) is 97.3 Å². The van der Waals surface area contributed by atoms with E-state index in [4.69, 9.17) is 0 Å². The van der Waals surface area contributed by atoms with E-state index in [2.05, 4.69) is 20.2 Å². The van der Waals surface area contributed by atoms with Gasteiger partial charge in [-0.2, -0.15) is 0 Å². The number of hydrogen-bond donors (Lipinski definition) is 1. The topological polar surface area (TPSA) is 61.4 Å². The highest BCUT2D eigenvalue weighted by Gasteiger charge is 2.24. The molecular weight excluding hydrogens is 410 g/mol. The maximum Gasteiger partial charge on any atom is 0.256 e. The summed E-state index contributed by atoms with van der Waals surface area (Å²) in [6.45, 7) is 2.74. The summed E-state index contributed by atoms with van der Waals surface area (Å²) in [4.78, 5) is 26.4. The fourth-order valence-electron chi connectivity index (χ4n) is 4.05. The number of benzene rings is 3. The van der Waals surface area contributed by atoms with Crippen LogP contribution in [0.4, 0.5) is 17.2 Å². The normalized spacial score (nSPS) is 13.6. The highest BCUT2D eigenvalue weighted by molar-refractivity contribution is 6.00. The molecule has 1 saturated heterocycles. The molecule has 4 aromatic rings. The predicted molar refractivity (Wildman–Crippen MR) is 132 cm³/mol. The first-order valence-corrected chi connectivity index (χ1v) is 11.1. The molecule has 3 aromatic carbocycles. The molecule has 5 rings (SSSR count). The fraction of sp³-hybridized carbons (Fsp3) is 0.148. The number of para-hydroxylation sites is 2. The second-order valence-corrected chi connectivity index (χ2v) is 7.94. The summed E-state index contributed by atoms with van der Waals surface area (Å²) in [5, 5.41) is 3.37. The Labute approximate surface area is 193 Å². The predicted octanol–water partition coefficient (Wildman–Crippen LogP) is 4.85. The van der Waals surface area contributed by atoms with Crippen molar-refractivity contribution in [2.75, 3.05) is 36.4 Å². The van der Waals surface area contributed by atoms with Gasteiger partial charge < -0.3 is 15.1 Å². The van der Waals surface area contributed by atoms with E-state index in [-0.39, 0.29) is 5.91 Å². The molecule has 164 valence electrons. The maximum absolute atomic E-state index is 13.3. The van der Waals surface area contributed by atoms with Crippen molar-refractivity contribution in [1.82, 2.24) is 14.9 Å². The van der Waals surface area contributed by atoms with Crippen molar-refractivity contribution < 1.29 is 4.79 Å². The Hall–Kier alpha value is -4.19. The molecule has 1 aliphatic rings. The summed E-state index contributed by atoms with van der Waals surface area (Å²) >= 11 is 0. The zero-order valence-corrected chi connectivity index (χ0v) is 18.3. The number of nitrogens with zero attached hydrogens (tertiary/aromatic N) is 4. The Morgan fingerprint density at radius 1 is 0.758 bits per heavy atom. The summed E-state index contributed by atoms with van der Waals surface area (Å²) in [7, 11) is 0. The summed E-state index contributed by atoms with van der Waals surface area (Å²) in [6.07, 6.45) is 1.61.